The number of likely N-dealkylation sites (tertiary alicyclic amines) is 1. The Hall–Kier alpha value is 0.310. The van der Waals surface area contributed by atoms with E-state index >= 15 is 0 Å². The van der Waals surface area contributed by atoms with E-state index in [9.17, 15) is 0 Å². The van der Waals surface area contributed by atoms with Gasteiger partial charge in [-0.2, -0.15) is 12.6 Å². The highest BCUT2D eigenvalue weighted by atomic mass is 32.1. The quantitative estimate of drug-likeness (QED) is 0.742. The largest absolute Gasteiger partial charge is 0.297 e. The van der Waals surface area contributed by atoms with E-state index in [1.807, 2.05) is 0 Å². The van der Waals surface area contributed by atoms with Gasteiger partial charge < -0.3 is 0 Å². The number of hydrogen-bond acceptors (Lipinski definition) is 2. The molecule has 1 aliphatic heterocycles. The van der Waals surface area contributed by atoms with Crippen molar-refractivity contribution in [2.75, 3.05) is 12.3 Å². The molecule has 100 valence electrons. The number of nitrogens with zero attached hydrogens (tertiary/aromatic N) is 1. The summed E-state index contributed by atoms with van der Waals surface area (Å²) in [4.78, 5) is 2.78. The molecular formula is C15H29NS. The molecule has 0 aromatic rings. The van der Waals surface area contributed by atoms with Crippen molar-refractivity contribution < 1.29 is 0 Å². The van der Waals surface area contributed by atoms with Gasteiger partial charge in [0.1, 0.15) is 0 Å². The molecule has 1 heterocycles. The van der Waals surface area contributed by atoms with Gasteiger partial charge in [-0.3, -0.25) is 4.90 Å². The maximum atomic E-state index is 4.68. The predicted octanol–water partition coefficient (Wildman–Crippen LogP) is 4.13. The molecule has 1 nitrogen and oxygen atoms in total. The smallest absolute Gasteiger partial charge is 0.00699 e. The molecule has 0 spiro atoms. The van der Waals surface area contributed by atoms with Gasteiger partial charge in [0.15, 0.2) is 0 Å². The summed E-state index contributed by atoms with van der Waals surface area (Å²) in [6.45, 7) is 6.15. The molecule has 0 radical (unpaired) electrons. The average molecular weight is 255 g/mol. The SMILES string of the molecule is CC1CCCC(C)N1CC1(CS)CCCCC1. The van der Waals surface area contributed by atoms with Crippen molar-refractivity contribution in [2.45, 2.75) is 77.3 Å². The zero-order valence-electron chi connectivity index (χ0n) is 11.6. The zero-order chi connectivity index (χ0) is 12.3. The van der Waals surface area contributed by atoms with Gasteiger partial charge in [0.25, 0.3) is 0 Å². The van der Waals surface area contributed by atoms with Crippen LogP contribution < -0.4 is 0 Å². The third-order valence-electron chi connectivity index (χ3n) is 5.14. The summed E-state index contributed by atoms with van der Waals surface area (Å²) in [6, 6.07) is 1.58. The Morgan fingerprint density at radius 2 is 1.59 bits per heavy atom. The summed E-state index contributed by atoms with van der Waals surface area (Å²) in [6.07, 6.45) is 11.3. The lowest BCUT2D eigenvalue weighted by Gasteiger charge is -2.46. The van der Waals surface area contributed by atoms with Crippen LogP contribution in [-0.4, -0.2) is 29.3 Å². The van der Waals surface area contributed by atoms with E-state index in [0.29, 0.717) is 5.41 Å². The molecule has 0 aromatic heterocycles. The maximum absolute atomic E-state index is 4.68. The number of thiol groups is 1. The minimum Gasteiger partial charge on any atom is -0.297 e. The second-order valence-electron chi connectivity index (χ2n) is 6.52. The second-order valence-corrected chi connectivity index (χ2v) is 6.84. The summed E-state index contributed by atoms with van der Waals surface area (Å²) < 4.78 is 0. The normalized spacial score (nSPS) is 34.8. The van der Waals surface area contributed by atoms with Crippen LogP contribution in [0.2, 0.25) is 0 Å². The predicted molar refractivity (Wildman–Crippen MR) is 78.9 cm³/mol. The molecule has 0 amide bonds. The molecule has 2 heteroatoms. The molecule has 1 saturated carbocycles. The number of piperidine rings is 1. The van der Waals surface area contributed by atoms with Crippen LogP contribution in [0.4, 0.5) is 0 Å². The van der Waals surface area contributed by atoms with Crippen LogP contribution in [0.5, 0.6) is 0 Å². The fourth-order valence-corrected chi connectivity index (χ4v) is 4.26. The summed E-state index contributed by atoms with van der Waals surface area (Å²) in [5.74, 6) is 1.09. The van der Waals surface area contributed by atoms with Gasteiger partial charge in [-0.25, -0.2) is 0 Å². The highest BCUT2D eigenvalue weighted by molar-refractivity contribution is 7.80. The lowest BCUT2D eigenvalue weighted by Crippen LogP contribution is -2.50. The maximum Gasteiger partial charge on any atom is 0.00699 e. The van der Waals surface area contributed by atoms with Crippen LogP contribution >= 0.6 is 12.6 Å². The molecule has 1 aliphatic carbocycles. The first kappa shape index (κ1) is 13.7. The first-order chi connectivity index (χ1) is 8.17. The highest BCUT2D eigenvalue weighted by Crippen LogP contribution is 2.39. The summed E-state index contributed by atoms with van der Waals surface area (Å²) in [7, 11) is 0. The van der Waals surface area contributed by atoms with Crippen molar-refractivity contribution in [1.82, 2.24) is 4.90 Å². The Morgan fingerprint density at radius 3 is 2.12 bits per heavy atom. The fraction of sp³-hybridized carbons (Fsp3) is 1.00. The van der Waals surface area contributed by atoms with Crippen molar-refractivity contribution in [3.8, 4) is 0 Å². The molecule has 0 N–H and O–H groups in total. The summed E-state index contributed by atoms with van der Waals surface area (Å²) in [5, 5.41) is 0. The zero-order valence-corrected chi connectivity index (χ0v) is 12.5. The minimum atomic E-state index is 0.529. The monoisotopic (exact) mass is 255 g/mol. The minimum absolute atomic E-state index is 0.529. The van der Waals surface area contributed by atoms with Crippen LogP contribution in [0, 0.1) is 5.41 Å². The van der Waals surface area contributed by atoms with E-state index in [2.05, 4.69) is 31.4 Å². The third kappa shape index (κ3) is 3.20. The first-order valence-corrected chi connectivity index (χ1v) is 8.17. The Bertz CT molecular complexity index is 225. The topological polar surface area (TPSA) is 3.24 Å². The lowest BCUT2D eigenvalue weighted by atomic mass is 9.74. The van der Waals surface area contributed by atoms with Crippen LogP contribution in [0.3, 0.4) is 0 Å². The number of hydrogen-bond donors (Lipinski definition) is 1. The van der Waals surface area contributed by atoms with E-state index in [4.69, 9.17) is 0 Å². The Kier molecular flexibility index (Phi) is 4.82. The molecule has 1 saturated heterocycles. The van der Waals surface area contributed by atoms with Gasteiger partial charge in [0, 0.05) is 18.6 Å². The van der Waals surface area contributed by atoms with Crippen molar-refractivity contribution >= 4 is 12.6 Å². The Morgan fingerprint density at radius 1 is 1.00 bits per heavy atom. The molecule has 2 fully saturated rings. The highest BCUT2D eigenvalue weighted by Gasteiger charge is 2.36. The molecule has 2 atom stereocenters. The summed E-state index contributed by atoms with van der Waals surface area (Å²) in [5.41, 5.74) is 0.529. The van der Waals surface area contributed by atoms with Gasteiger partial charge >= 0.3 is 0 Å². The van der Waals surface area contributed by atoms with Crippen LogP contribution in [0.25, 0.3) is 0 Å². The van der Waals surface area contributed by atoms with Crippen molar-refractivity contribution in [3.63, 3.8) is 0 Å². The van der Waals surface area contributed by atoms with Crippen molar-refractivity contribution in [2.24, 2.45) is 5.41 Å². The lowest BCUT2D eigenvalue weighted by molar-refractivity contribution is 0.0404. The van der Waals surface area contributed by atoms with E-state index in [0.717, 1.165) is 17.8 Å². The van der Waals surface area contributed by atoms with Gasteiger partial charge in [0.05, 0.1) is 0 Å². The third-order valence-corrected chi connectivity index (χ3v) is 5.81. The van der Waals surface area contributed by atoms with E-state index in [-0.39, 0.29) is 0 Å². The van der Waals surface area contributed by atoms with Gasteiger partial charge in [-0.05, 0) is 50.7 Å². The second kappa shape index (κ2) is 5.97. The molecule has 0 aromatic carbocycles. The first-order valence-electron chi connectivity index (χ1n) is 7.53. The van der Waals surface area contributed by atoms with E-state index in [1.165, 1.54) is 57.9 Å². The molecule has 2 rings (SSSR count). The van der Waals surface area contributed by atoms with Gasteiger partial charge in [-0.15, -0.1) is 0 Å². The van der Waals surface area contributed by atoms with E-state index < -0.39 is 0 Å². The average Bonchev–Trinajstić information content (AvgIpc) is 2.35. The Labute approximate surface area is 113 Å². The van der Waals surface area contributed by atoms with Gasteiger partial charge in [0.2, 0.25) is 0 Å². The van der Waals surface area contributed by atoms with Crippen LogP contribution in [-0.2, 0) is 0 Å². The molecule has 17 heavy (non-hydrogen) atoms. The molecule has 2 aliphatic rings. The molecular weight excluding hydrogens is 226 g/mol. The summed E-state index contributed by atoms with van der Waals surface area (Å²) >= 11 is 4.68. The molecule has 0 bridgehead atoms. The number of rotatable bonds is 3. The Balaban J connectivity index is 2.00. The standard InChI is InChI=1S/C15H29NS/c1-13-7-6-8-14(2)16(13)11-15(12-17)9-4-3-5-10-15/h13-14,17H,3-12H2,1-2H3. The molecule has 2 unspecified atom stereocenters. The van der Waals surface area contributed by atoms with Crippen molar-refractivity contribution in [3.05, 3.63) is 0 Å². The van der Waals surface area contributed by atoms with E-state index in [1.54, 1.807) is 0 Å². The fourth-order valence-electron chi connectivity index (χ4n) is 3.84. The van der Waals surface area contributed by atoms with Gasteiger partial charge in [-0.1, -0.05) is 25.7 Å². The van der Waals surface area contributed by atoms with Crippen LogP contribution in [0.15, 0.2) is 0 Å². The van der Waals surface area contributed by atoms with Crippen molar-refractivity contribution in [1.29, 1.82) is 0 Å². The van der Waals surface area contributed by atoms with Crippen LogP contribution in [0.1, 0.15) is 65.2 Å².